The van der Waals surface area contributed by atoms with Gasteiger partial charge in [-0.2, -0.15) is 0 Å². The molecule has 6 rings (SSSR count). The summed E-state index contributed by atoms with van der Waals surface area (Å²) in [4.78, 5) is 0. The van der Waals surface area contributed by atoms with Gasteiger partial charge in [-0.25, -0.2) is 0 Å². The monoisotopic (exact) mass is 537 g/mol. The molecule has 0 radical (unpaired) electrons. The van der Waals surface area contributed by atoms with Gasteiger partial charge in [0.25, 0.3) is 0 Å². The largest absolute Gasteiger partial charge is 0.494 e. The SMILES string of the molecule is c1ccc(OC2CC2)c(COCCCOc2ccc(C3CCNCC3OCc3ccc4ccccc4c3)cc2)c1. The van der Waals surface area contributed by atoms with Crippen LogP contribution in [0.5, 0.6) is 11.5 Å². The molecule has 1 aliphatic heterocycles. The van der Waals surface area contributed by atoms with Gasteiger partial charge >= 0.3 is 0 Å². The minimum Gasteiger partial charge on any atom is -0.494 e. The summed E-state index contributed by atoms with van der Waals surface area (Å²) in [7, 11) is 0. The van der Waals surface area contributed by atoms with Crippen LogP contribution in [-0.4, -0.2) is 38.5 Å². The quantitative estimate of drug-likeness (QED) is 0.186. The van der Waals surface area contributed by atoms with Crippen LogP contribution < -0.4 is 14.8 Å². The lowest BCUT2D eigenvalue weighted by Crippen LogP contribution is -2.40. The van der Waals surface area contributed by atoms with E-state index >= 15 is 0 Å². The van der Waals surface area contributed by atoms with Crippen molar-refractivity contribution in [1.82, 2.24) is 5.32 Å². The number of nitrogens with one attached hydrogen (secondary N) is 1. The number of para-hydroxylation sites is 1. The lowest BCUT2D eigenvalue weighted by molar-refractivity contribution is 0.0106. The van der Waals surface area contributed by atoms with Crippen molar-refractivity contribution < 1.29 is 18.9 Å². The molecule has 4 aromatic rings. The van der Waals surface area contributed by atoms with E-state index in [-0.39, 0.29) is 6.10 Å². The minimum atomic E-state index is 0.143. The predicted octanol–water partition coefficient (Wildman–Crippen LogP) is 7.03. The molecular weight excluding hydrogens is 498 g/mol. The van der Waals surface area contributed by atoms with E-state index in [1.165, 1.54) is 21.9 Å². The van der Waals surface area contributed by atoms with Gasteiger partial charge in [0.15, 0.2) is 0 Å². The number of fused-ring (bicyclic) bond motifs is 1. The van der Waals surface area contributed by atoms with Crippen molar-refractivity contribution in [2.75, 3.05) is 26.3 Å². The number of piperidine rings is 1. The molecule has 2 atom stereocenters. The Bertz CT molecular complexity index is 1370. The maximum absolute atomic E-state index is 6.46. The molecule has 2 aliphatic rings. The van der Waals surface area contributed by atoms with Crippen molar-refractivity contribution in [3.63, 3.8) is 0 Å². The number of hydrogen-bond acceptors (Lipinski definition) is 5. The Balaban J connectivity index is 0.946. The molecule has 0 amide bonds. The number of benzene rings is 4. The van der Waals surface area contributed by atoms with Crippen LogP contribution in [0, 0.1) is 0 Å². The van der Waals surface area contributed by atoms with Gasteiger partial charge in [0.05, 0.1) is 38.6 Å². The molecule has 0 bridgehead atoms. The highest BCUT2D eigenvalue weighted by Gasteiger charge is 2.27. The zero-order valence-electron chi connectivity index (χ0n) is 23.1. The van der Waals surface area contributed by atoms with Crippen LogP contribution in [-0.2, 0) is 22.7 Å². The summed E-state index contributed by atoms with van der Waals surface area (Å²) in [6.07, 6.45) is 4.76. The fourth-order valence-corrected chi connectivity index (χ4v) is 5.37. The Kier molecular flexibility index (Phi) is 8.93. The highest BCUT2D eigenvalue weighted by molar-refractivity contribution is 5.82. The predicted molar refractivity (Wildman–Crippen MR) is 159 cm³/mol. The second kappa shape index (κ2) is 13.3. The molecule has 1 heterocycles. The number of hydrogen-bond donors (Lipinski definition) is 1. The first-order valence-electron chi connectivity index (χ1n) is 14.7. The van der Waals surface area contributed by atoms with E-state index in [1.807, 2.05) is 18.2 Å². The van der Waals surface area contributed by atoms with Gasteiger partial charge in [-0.15, -0.1) is 0 Å². The third kappa shape index (κ3) is 7.22. The Morgan fingerprint density at radius 3 is 2.45 bits per heavy atom. The average molecular weight is 538 g/mol. The molecule has 5 heteroatoms. The van der Waals surface area contributed by atoms with E-state index in [2.05, 4.69) is 78.1 Å². The van der Waals surface area contributed by atoms with Crippen LogP contribution >= 0.6 is 0 Å². The highest BCUT2D eigenvalue weighted by Crippen LogP contribution is 2.31. The number of rotatable bonds is 13. The van der Waals surface area contributed by atoms with Crippen LogP contribution in [0.4, 0.5) is 0 Å². The van der Waals surface area contributed by atoms with Gasteiger partial charge in [-0.3, -0.25) is 0 Å². The average Bonchev–Trinajstić information content (AvgIpc) is 3.83. The summed E-state index contributed by atoms with van der Waals surface area (Å²) in [6.45, 7) is 4.35. The fraction of sp³-hybridized carbons (Fsp3) is 0.371. The topological polar surface area (TPSA) is 49.0 Å². The van der Waals surface area contributed by atoms with Crippen molar-refractivity contribution in [1.29, 1.82) is 0 Å². The Hall–Kier alpha value is -3.38. The smallest absolute Gasteiger partial charge is 0.125 e. The summed E-state index contributed by atoms with van der Waals surface area (Å²) in [5.41, 5.74) is 3.64. The molecule has 40 heavy (non-hydrogen) atoms. The van der Waals surface area contributed by atoms with Gasteiger partial charge in [0.2, 0.25) is 0 Å². The Morgan fingerprint density at radius 1 is 0.750 bits per heavy atom. The summed E-state index contributed by atoms with van der Waals surface area (Å²) in [5.74, 6) is 2.22. The zero-order valence-corrected chi connectivity index (χ0v) is 23.1. The first-order chi connectivity index (χ1) is 19.8. The van der Waals surface area contributed by atoms with Crippen molar-refractivity contribution in [3.05, 3.63) is 108 Å². The Morgan fingerprint density at radius 2 is 1.57 bits per heavy atom. The molecule has 0 spiro atoms. The normalized spacial score (nSPS) is 19.0. The molecule has 2 fully saturated rings. The van der Waals surface area contributed by atoms with E-state index in [1.54, 1.807) is 0 Å². The van der Waals surface area contributed by atoms with E-state index in [0.29, 0.717) is 38.4 Å². The Labute approximate surface area is 237 Å². The van der Waals surface area contributed by atoms with Gasteiger partial charge in [-0.1, -0.05) is 66.7 Å². The summed E-state index contributed by atoms with van der Waals surface area (Å²) < 4.78 is 24.4. The first kappa shape index (κ1) is 26.8. The molecule has 1 aliphatic carbocycles. The maximum atomic E-state index is 6.46. The molecule has 208 valence electrons. The van der Waals surface area contributed by atoms with Crippen LogP contribution in [0.3, 0.4) is 0 Å². The molecule has 1 saturated carbocycles. The maximum Gasteiger partial charge on any atom is 0.125 e. The van der Waals surface area contributed by atoms with E-state index in [9.17, 15) is 0 Å². The van der Waals surface area contributed by atoms with E-state index < -0.39 is 0 Å². The van der Waals surface area contributed by atoms with Gasteiger partial charge in [0.1, 0.15) is 11.5 Å². The lowest BCUT2D eigenvalue weighted by atomic mass is 9.87. The van der Waals surface area contributed by atoms with Crippen LogP contribution in [0.1, 0.15) is 48.3 Å². The second-order valence-electron chi connectivity index (χ2n) is 10.9. The third-order valence-electron chi connectivity index (χ3n) is 7.76. The molecule has 0 aromatic heterocycles. The minimum absolute atomic E-state index is 0.143. The summed E-state index contributed by atoms with van der Waals surface area (Å²) in [5, 5.41) is 6.03. The molecule has 4 aromatic carbocycles. The van der Waals surface area contributed by atoms with Crippen molar-refractivity contribution >= 4 is 10.8 Å². The molecule has 5 nitrogen and oxygen atoms in total. The van der Waals surface area contributed by atoms with Crippen molar-refractivity contribution in [3.8, 4) is 11.5 Å². The summed E-state index contributed by atoms with van der Waals surface area (Å²) >= 11 is 0. The molecule has 2 unspecified atom stereocenters. The fourth-order valence-electron chi connectivity index (χ4n) is 5.37. The summed E-state index contributed by atoms with van der Waals surface area (Å²) in [6, 6.07) is 31.8. The van der Waals surface area contributed by atoms with Crippen molar-refractivity contribution in [2.45, 2.75) is 57.0 Å². The van der Waals surface area contributed by atoms with Crippen LogP contribution in [0.2, 0.25) is 0 Å². The van der Waals surface area contributed by atoms with Gasteiger partial charge < -0.3 is 24.3 Å². The van der Waals surface area contributed by atoms with Gasteiger partial charge in [-0.05, 0) is 72.0 Å². The standard InChI is InChI=1S/C35H39NO4/c1-2-7-29-22-26(10-11-27(29)6-1)24-39-35-23-36-19-18-33(35)28-12-14-31(15-13-28)38-21-5-20-37-25-30-8-3-4-9-34(30)40-32-16-17-32/h1-4,6-15,22,32-33,35-36H,5,16-21,23-25H2. The van der Waals surface area contributed by atoms with Crippen LogP contribution in [0.25, 0.3) is 10.8 Å². The zero-order chi connectivity index (χ0) is 27.0. The van der Waals surface area contributed by atoms with Crippen molar-refractivity contribution in [2.24, 2.45) is 0 Å². The van der Waals surface area contributed by atoms with Gasteiger partial charge in [0, 0.05) is 24.4 Å². The number of ether oxygens (including phenoxy) is 4. The molecule has 1 saturated heterocycles. The van der Waals surface area contributed by atoms with Crippen LogP contribution in [0.15, 0.2) is 91.0 Å². The molecular formula is C35H39NO4. The highest BCUT2D eigenvalue weighted by atomic mass is 16.5. The first-order valence-corrected chi connectivity index (χ1v) is 14.7. The van der Waals surface area contributed by atoms with E-state index in [0.717, 1.165) is 55.8 Å². The molecule has 1 N–H and O–H groups in total. The van der Waals surface area contributed by atoms with E-state index in [4.69, 9.17) is 18.9 Å². The third-order valence-corrected chi connectivity index (χ3v) is 7.76. The second-order valence-corrected chi connectivity index (χ2v) is 10.9. The lowest BCUT2D eigenvalue weighted by Gasteiger charge is -2.32.